The van der Waals surface area contributed by atoms with Crippen molar-refractivity contribution in [3.63, 3.8) is 0 Å². The third-order valence-electron chi connectivity index (χ3n) is 5.87. The molecule has 152 valence electrons. The highest BCUT2D eigenvalue weighted by Gasteiger charge is 2.27. The highest BCUT2D eigenvalue weighted by molar-refractivity contribution is 9.10. The van der Waals surface area contributed by atoms with Gasteiger partial charge in [-0.05, 0) is 66.1 Å². The minimum Gasteiger partial charge on any atom is -0.353 e. The molecular formula is C24H23BrN4O. The molecule has 0 atom stereocenters. The zero-order valence-electron chi connectivity index (χ0n) is 17.3. The summed E-state index contributed by atoms with van der Waals surface area (Å²) in [4.78, 5) is 16.0. The van der Waals surface area contributed by atoms with Crippen molar-refractivity contribution in [3.05, 3.63) is 63.3 Å². The van der Waals surface area contributed by atoms with Crippen LogP contribution in [0.4, 0.5) is 5.69 Å². The summed E-state index contributed by atoms with van der Waals surface area (Å²) in [7, 11) is 0. The van der Waals surface area contributed by atoms with Gasteiger partial charge in [-0.2, -0.15) is 5.10 Å². The summed E-state index contributed by atoms with van der Waals surface area (Å²) in [5.74, 6) is -0.213. The van der Waals surface area contributed by atoms with E-state index in [0.29, 0.717) is 5.71 Å². The van der Waals surface area contributed by atoms with Gasteiger partial charge in [-0.3, -0.25) is 4.79 Å². The molecule has 3 aromatic rings. The third kappa shape index (κ3) is 3.19. The number of nitrogens with one attached hydrogen (secondary N) is 2. The van der Waals surface area contributed by atoms with Gasteiger partial charge < -0.3 is 10.3 Å². The van der Waals surface area contributed by atoms with E-state index in [2.05, 4.69) is 75.4 Å². The van der Waals surface area contributed by atoms with E-state index in [-0.39, 0.29) is 11.3 Å². The lowest BCUT2D eigenvalue weighted by Crippen LogP contribution is -2.15. The minimum atomic E-state index is -0.213. The Bertz CT molecular complexity index is 1260. The molecule has 1 aromatic heterocycles. The SMILES string of the molecule is CC(C)(C)c1ccc2[nH]c3c(c2c1)CCC/C3=N/N=C1/C(=O)Nc2ccc(Br)cc21. The van der Waals surface area contributed by atoms with E-state index in [0.717, 1.165) is 51.9 Å². The van der Waals surface area contributed by atoms with Crippen molar-refractivity contribution in [1.29, 1.82) is 0 Å². The van der Waals surface area contributed by atoms with Crippen LogP contribution in [0.1, 0.15) is 56.0 Å². The number of hydrogen-bond acceptors (Lipinski definition) is 3. The monoisotopic (exact) mass is 462 g/mol. The number of fused-ring (bicyclic) bond motifs is 4. The largest absolute Gasteiger partial charge is 0.353 e. The number of carbonyl (C=O) groups excluding carboxylic acids is 1. The van der Waals surface area contributed by atoms with Crippen molar-refractivity contribution in [2.45, 2.75) is 45.4 Å². The Morgan fingerprint density at radius 1 is 1.03 bits per heavy atom. The number of benzene rings is 2. The van der Waals surface area contributed by atoms with Crippen molar-refractivity contribution >= 4 is 49.9 Å². The van der Waals surface area contributed by atoms with E-state index in [1.54, 1.807) is 0 Å². The molecule has 0 unspecified atom stereocenters. The first-order valence-corrected chi connectivity index (χ1v) is 11.0. The number of halogens is 1. The molecule has 0 radical (unpaired) electrons. The molecule has 2 aliphatic rings. The zero-order valence-corrected chi connectivity index (χ0v) is 18.9. The number of nitrogens with zero attached hydrogens (tertiary/aromatic N) is 2. The number of aromatic amines is 1. The zero-order chi connectivity index (χ0) is 21.0. The van der Waals surface area contributed by atoms with Crippen LogP contribution in [0.5, 0.6) is 0 Å². The topological polar surface area (TPSA) is 69.6 Å². The van der Waals surface area contributed by atoms with Crippen LogP contribution in [0.3, 0.4) is 0 Å². The Labute approximate surface area is 183 Å². The van der Waals surface area contributed by atoms with Gasteiger partial charge >= 0.3 is 0 Å². The molecule has 2 aromatic carbocycles. The maximum atomic E-state index is 12.4. The van der Waals surface area contributed by atoms with E-state index in [4.69, 9.17) is 0 Å². The van der Waals surface area contributed by atoms with Gasteiger partial charge in [-0.15, -0.1) is 5.10 Å². The molecule has 0 saturated carbocycles. The molecular weight excluding hydrogens is 440 g/mol. The Kier molecular flexibility index (Phi) is 4.43. The molecule has 0 fully saturated rings. The Balaban J connectivity index is 1.59. The summed E-state index contributed by atoms with van der Waals surface area (Å²) in [5.41, 5.74) is 7.74. The number of aryl methyl sites for hydroxylation is 1. The quantitative estimate of drug-likeness (QED) is 0.446. The number of hydrogen-bond donors (Lipinski definition) is 2. The standard InChI is InChI=1S/C24H23BrN4O/c1-24(2,3)13-7-9-18-16(11-13)15-5-4-6-20(21(15)26-18)28-29-22-17-12-14(25)8-10-19(17)27-23(22)30/h7-12,26H,4-6H2,1-3H3,(H,27,29,30)/b28-20-. The van der Waals surface area contributed by atoms with Crippen LogP contribution in [0.25, 0.3) is 10.9 Å². The van der Waals surface area contributed by atoms with Crippen LogP contribution in [-0.4, -0.2) is 22.3 Å². The van der Waals surface area contributed by atoms with Crippen LogP contribution in [0, 0.1) is 0 Å². The Hall–Kier alpha value is -2.73. The maximum absolute atomic E-state index is 12.4. The summed E-state index contributed by atoms with van der Waals surface area (Å²) in [5, 5.41) is 13.1. The summed E-state index contributed by atoms with van der Waals surface area (Å²) in [6.45, 7) is 6.71. The average molecular weight is 463 g/mol. The molecule has 0 bridgehead atoms. The molecule has 30 heavy (non-hydrogen) atoms. The Morgan fingerprint density at radius 2 is 1.87 bits per heavy atom. The van der Waals surface area contributed by atoms with Gasteiger partial charge in [0.05, 0.1) is 17.1 Å². The highest BCUT2D eigenvalue weighted by atomic mass is 79.9. The predicted molar refractivity (Wildman–Crippen MR) is 126 cm³/mol. The molecule has 1 aliphatic carbocycles. The van der Waals surface area contributed by atoms with Gasteiger partial charge in [0.15, 0.2) is 5.71 Å². The number of aromatic nitrogens is 1. The molecule has 1 amide bonds. The lowest BCUT2D eigenvalue weighted by atomic mass is 9.85. The normalized spacial score (nSPS) is 18.7. The van der Waals surface area contributed by atoms with Crippen molar-refractivity contribution in [3.8, 4) is 0 Å². The Morgan fingerprint density at radius 3 is 2.67 bits per heavy atom. The number of rotatable bonds is 1. The molecule has 5 rings (SSSR count). The van der Waals surface area contributed by atoms with Gasteiger partial charge in [0.25, 0.3) is 5.91 Å². The molecule has 1 aliphatic heterocycles. The maximum Gasteiger partial charge on any atom is 0.276 e. The average Bonchev–Trinajstić information content (AvgIpc) is 3.22. The summed E-state index contributed by atoms with van der Waals surface area (Å²) in [6, 6.07) is 12.3. The van der Waals surface area contributed by atoms with Gasteiger partial charge in [-0.25, -0.2) is 0 Å². The molecule has 0 saturated heterocycles. The fourth-order valence-electron chi connectivity index (χ4n) is 4.21. The second-order valence-electron chi connectivity index (χ2n) is 8.98. The van der Waals surface area contributed by atoms with Gasteiger partial charge in [0.2, 0.25) is 0 Å². The number of H-pyrrole nitrogens is 1. The molecule has 6 heteroatoms. The summed E-state index contributed by atoms with van der Waals surface area (Å²) >= 11 is 3.47. The molecule has 2 N–H and O–H groups in total. The van der Waals surface area contributed by atoms with Crippen LogP contribution < -0.4 is 5.32 Å². The summed E-state index contributed by atoms with van der Waals surface area (Å²) < 4.78 is 0.906. The number of amides is 1. The first-order valence-electron chi connectivity index (χ1n) is 10.2. The lowest BCUT2D eigenvalue weighted by Gasteiger charge is -2.19. The number of carbonyl (C=O) groups is 1. The number of anilines is 1. The van der Waals surface area contributed by atoms with Crippen LogP contribution >= 0.6 is 15.9 Å². The first kappa shape index (κ1) is 19.2. The van der Waals surface area contributed by atoms with Crippen molar-refractivity contribution < 1.29 is 4.79 Å². The van der Waals surface area contributed by atoms with Crippen molar-refractivity contribution in [2.75, 3.05) is 5.32 Å². The van der Waals surface area contributed by atoms with Gasteiger partial charge in [-0.1, -0.05) is 42.8 Å². The van der Waals surface area contributed by atoms with E-state index < -0.39 is 0 Å². The van der Waals surface area contributed by atoms with Gasteiger partial charge in [0.1, 0.15) is 0 Å². The van der Waals surface area contributed by atoms with E-state index in [1.807, 2.05) is 18.2 Å². The first-order chi connectivity index (χ1) is 14.3. The van der Waals surface area contributed by atoms with Crippen molar-refractivity contribution in [2.24, 2.45) is 10.2 Å². The van der Waals surface area contributed by atoms with E-state index >= 15 is 0 Å². The van der Waals surface area contributed by atoms with E-state index in [9.17, 15) is 4.79 Å². The smallest absolute Gasteiger partial charge is 0.276 e. The second kappa shape index (κ2) is 6.91. The summed E-state index contributed by atoms with van der Waals surface area (Å²) in [6.07, 6.45) is 2.89. The van der Waals surface area contributed by atoms with Crippen LogP contribution in [0.2, 0.25) is 0 Å². The predicted octanol–water partition coefficient (Wildman–Crippen LogP) is 5.71. The van der Waals surface area contributed by atoms with Crippen LogP contribution in [-0.2, 0) is 16.6 Å². The molecule has 2 heterocycles. The minimum absolute atomic E-state index is 0.105. The van der Waals surface area contributed by atoms with Gasteiger partial charge in [0, 0.05) is 20.9 Å². The highest BCUT2D eigenvalue weighted by Crippen LogP contribution is 2.33. The van der Waals surface area contributed by atoms with Crippen molar-refractivity contribution in [1.82, 2.24) is 4.98 Å². The van der Waals surface area contributed by atoms with E-state index in [1.165, 1.54) is 16.5 Å². The van der Waals surface area contributed by atoms with Crippen LogP contribution in [0.15, 0.2) is 51.1 Å². The molecule has 5 nitrogen and oxygen atoms in total. The fourth-order valence-corrected chi connectivity index (χ4v) is 4.57. The fraction of sp³-hybridized carbons (Fsp3) is 0.292. The molecule has 0 spiro atoms. The second-order valence-corrected chi connectivity index (χ2v) is 9.90. The lowest BCUT2D eigenvalue weighted by molar-refractivity contribution is -0.110. The third-order valence-corrected chi connectivity index (χ3v) is 6.37.